The first-order chi connectivity index (χ1) is 13.4. The Balaban J connectivity index is 1.79. The van der Waals surface area contributed by atoms with Gasteiger partial charge in [0.25, 0.3) is 0 Å². The third-order valence-corrected chi connectivity index (χ3v) is 4.76. The lowest BCUT2D eigenvalue weighted by Gasteiger charge is -2.23. The molecule has 1 aliphatic rings. The van der Waals surface area contributed by atoms with Gasteiger partial charge in [0.1, 0.15) is 0 Å². The van der Waals surface area contributed by atoms with E-state index in [1.54, 1.807) is 13.0 Å². The molecule has 0 radical (unpaired) electrons. The summed E-state index contributed by atoms with van der Waals surface area (Å²) in [5.41, 5.74) is 2.19. The summed E-state index contributed by atoms with van der Waals surface area (Å²) in [6.45, 7) is 2.24. The van der Waals surface area contributed by atoms with Crippen molar-refractivity contribution < 1.29 is 22.5 Å². The molecule has 1 atom stereocenters. The predicted molar refractivity (Wildman–Crippen MR) is 97.3 cm³/mol. The lowest BCUT2D eigenvalue weighted by Crippen LogP contribution is -2.27. The minimum atomic E-state index is -4.69. The molecule has 1 unspecified atom stereocenters. The fraction of sp³-hybridized carbons (Fsp3) is 0.250. The topological polar surface area (TPSA) is 68.0 Å². The van der Waals surface area contributed by atoms with Crippen LogP contribution in [0, 0.1) is 0 Å². The number of hydrogen-bond acceptors (Lipinski definition) is 4. The predicted octanol–water partition coefficient (Wildman–Crippen LogP) is 4.55. The fourth-order valence-corrected chi connectivity index (χ4v) is 3.40. The van der Waals surface area contributed by atoms with Crippen molar-refractivity contribution in [1.82, 2.24) is 15.5 Å². The van der Waals surface area contributed by atoms with Crippen LogP contribution < -0.4 is 5.32 Å². The molecule has 1 aliphatic carbocycles. The maximum absolute atomic E-state index is 12.8. The molecule has 2 aromatic carbocycles. The van der Waals surface area contributed by atoms with E-state index in [1.807, 2.05) is 36.4 Å². The first kappa shape index (κ1) is 18.2. The molecule has 3 aromatic rings. The first-order valence-corrected chi connectivity index (χ1v) is 8.80. The van der Waals surface area contributed by atoms with Gasteiger partial charge in [-0.2, -0.15) is 18.2 Å². The Kier molecular flexibility index (Phi) is 4.41. The van der Waals surface area contributed by atoms with Gasteiger partial charge in [0.15, 0.2) is 0 Å². The molecule has 1 N–H and O–H groups in total. The Labute approximate surface area is 158 Å². The Morgan fingerprint density at radius 3 is 2.79 bits per heavy atom. The maximum atomic E-state index is 12.8. The summed E-state index contributed by atoms with van der Waals surface area (Å²) >= 11 is 0. The standard InChI is InChI=1S/C20H16F3N3O2/c1-2-16(27)24-10-12-7-8-14-15(18-25-19(28-26-18)20(21,22)23)9-6-11-4-3-5-13(12)17(11)14/h3-9,12H,2,10H2,1H3,(H,24,27). The second-order valence-electron chi connectivity index (χ2n) is 6.52. The molecule has 28 heavy (non-hydrogen) atoms. The van der Waals surface area contributed by atoms with Crippen molar-refractivity contribution in [2.45, 2.75) is 25.4 Å². The molecular formula is C20H16F3N3O2. The van der Waals surface area contributed by atoms with Crippen molar-refractivity contribution in [2.24, 2.45) is 0 Å². The minimum absolute atomic E-state index is 0.0297. The van der Waals surface area contributed by atoms with Gasteiger partial charge < -0.3 is 9.84 Å². The lowest BCUT2D eigenvalue weighted by atomic mass is 9.84. The first-order valence-electron chi connectivity index (χ1n) is 8.80. The van der Waals surface area contributed by atoms with Gasteiger partial charge in [-0.05, 0) is 28.0 Å². The van der Waals surface area contributed by atoms with Crippen LogP contribution in [0.3, 0.4) is 0 Å². The number of carbonyl (C=O) groups excluding carboxylic acids is 1. The Morgan fingerprint density at radius 1 is 1.25 bits per heavy atom. The quantitative estimate of drug-likeness (QED) is 0.713. The van der Waals surface area contributed by atoms with Crippen molar-refractivity contribution in [3.63, 3.8) is 0 Å². The third-order valence-electron chi connectivity index (χ3n) is 4.76. The second kappa shape index (κ2) is 6.78. The highest BCUT2D eigenvalue weighted by molar-refractivity contribution is 6.00. The summed E-state index contributed by atoms with van der Waals surface area (Å²) in [5, 5.41) is 8.27. The molecule has 1 aromatic heterocycles. The van der Waals surface area contributed by atoms with Crippen LogP contribution in [0.25, 0.3) is 28.2 Å². The molecule has 1 amide bonds. The SMILES string of the molecule is CCC(=O)NCC1C=Cc2c(-c3noc(C(F)(F)F)n3)ccc3cccc1c23. The monoisotopic (exact) mass is 387 g/mol. The van der Waals surface area contributed by atoms with E-state index in [1.165, 1.54) is 0 Å². The van der Waals surface area contributed by atoms with Crippen LogP contribution in [0.15, 0.2) is 40.9 Å². The number of carbonyl (C=O) groups is 1. The smallest absolute Gasteiger partial charge is 0.355 e. The van der Waals surface area contributed by atoms with Crippen LogP contribution in [-0.4, -0.2) is 22.6 Å². The number of nitrogens with zero attached hydrogens (tertiary/aromatic N) is 2. The summed E-state index contributed by atoms with van der Waals surface area (Å²) in [5.74, 6) is -1.55. The van der Waals surface area contributed by atoms with Crippen LogP contribution in [0.4, 0.5) is 13.2 Å². The van der Waals surface area contributed by atoms with Crippen molar-refractivity contribution >= 4 is 22.8 Å². The Morgan fingerprint density at radius 2 is 2.07 bits per heavy atom. The largest absolute Gasteiger partial charge is 0.471 e. The van der Waals surface area contributed by atoms with Crippen LogP contribution in [-0.2, 0) is 11.0 Å². The molecule has 0 fully saturated rings. The Bertz CT molecular complexity index is 1090. The van der Waals surface area contributed by atoms with Gasteiger partial charge in [0.2, 0.25) is 11.7 Å². The lowest BCUT2D eigenvalue weighted by molar-refractivity contribution is -0.159. The summed E-state index contributed by atoms with van der Waals surface area (Å²) in [6, 6.07) is 9.33. The molecule has 144 valence electrons. The van der Waals surface area contributed by atoms with Crippen LogP contribution in [0.5, 0.6) is 0 Å². The van der Waals surface area contributed by atoms with Gasteiger partial charge in [-0.1, -0.05) is 48.5 Å². The number of rotatable bonds is 4. The molecule has 0 saturated carbocycles. The van der Waals surface area contributed by atoms with Gasteiger partial charge >= 0.3 is 12.1 Å². The van der Waals surface area contributed by atoms with E-state index in [2.05, 4.69) is 20.0 Å². The number of halogens is 3. The number of benzene rings is 2. The van der Waals surface area contributed by atoms with E-state index in [0.29, 0.717) is 18.5 Å². The highest BCUT2D eigenvalue weighted by Gasteiger charge is 2.38. The number of hydrogen-bond donors (Lipinski definition) is 1. The van der Waals surface area contributed by atoms with E-state index in [0.717, 1.165) is 21.9 Å². The number of amides is 1. The summed E-state index contributed by atoms with van der Waals surface area (Å²) in [4.78, 5) is 15.1. The maximum Gasteiger partial charge on any atom is 0.471 e. The molecule has 0 spiro atoms. The van der Waals surface area contributed by atoms with Crippen molar-refractivity contribution in [3.05, 3.63) is 53.4 Å². The Hall–Kier alpha value is -3.16. The summed E-state index contributed by atoms with van der Waals surface area (Å²) < 4.78 is 42.8. The fourth-order valence-electron chi connectivity index (χ4n) is 3.40. The molecule has 1 heterocycles. The van der Waals surface area contributed by atoms with Crippen molar-refractivity contribution in [2.75, 3.05) is 6.54 Å². The van der Waals surface area contributed by atoms with Gasteiger partial charge in [-0.25, -0.2) is 0 Å². The van der Waals surface area contributed by atoms with Gasteiger partial charge in [0.05, 0.1) is 0 Å². The van der Waals surface area contributed by atoms with Crippen LogP contribution >= 0.6 is 0 Å². The van der Waals surface area contributed by atoms with Gasteiger partial charge in [0, 0.05) is 24.4 Å². The summed E-state index contributed by atoms with van der Waals surface area (Å²) in [7, 11) is 0. The van der Waals surface area contributed by atoms with Crippen molar-refractivity contribution in [3.8, 4) is 11.4 Å². The average molecular weight is 387 g/mol. The van der Waals surface area contributed by atoms with E-state index in [-0.39, 0.29) is 17.6 Å². The van der Waals surface area contributed by atoms with E-state index in [4.69, 9.17) is 0 Å². The zero-order valence-corrected chi connectivity index (χ0v) is 14.9. The average Bonchev–Trinajstić information content (AvgIpc) is 3.18. The zero-order valence-electron chi connectivity index (χ0n) is 14.9. The molecule has 0 bridgehead atoms. The van der Waals surface area contributed by atoms with E-state index < -0.39 is 12.1 Å². The van der Waals surface area contributed by atoms with Gasteiger partial charge in [-0.15, -0.1) is 0 Å². The van der Waals surface area contributed by atoms with Crippen LogP contribution in [0.1, 0.15) is 36.3 Å². The molecular weight excluding hydrogens is 371 g/mol. The minimum Gasteiger partial charge on any atom is -0.355 e. The second-order valence-corrected chi connectivity index (χ2v) is 6.52. The molecule has 5 nitrogen and oxygen atoms in total. The normalized spacial score (nSPS) is 15.8. The van der Waals surface area contributed by atoms with Gasteiger partial charge in [-0.3, -0.25) is 4.79 Å². The van der Waals surface area contributed by atoms with E-state index in [9.17, 15) is 18.0 Å². The van der Waals surface area contributed by atoms with Crippen LogP contribution in [0.2, 0.25) is 0 Å². The molecule has 4 rings (SSSR count). The number of nitrogens with one attached hydrogen (secondary N) is 1. The summed E-state index contributed by atoms with van der Waals surface area (Å²) in [6.07, 6.45) is -0.512. The third kappa shape index (κ3) is 3.15. The highest BCUT2D eigenvalue weighted by atomic mass is 19.4. The molecule has 0 aliphatic heterocycles. The van der Waals surface area contributed by atoms with Crippen molar-refractivity contribution in [1.29, 1.82) is 0 Å². The highest BCUT2D eigenvalue weighted by Crippen LogP contribution is 2.39. The van der Waals surface area contributed by atoms with E-state index >= 15 is 0 Å². The number of alkyl halides is 3. The molecule has 0 saturated heterocycles. The molecule has 8 heteroatoms. The zero-order chi connectivity index (χ0) is 19.9. The number of aromatic nitrogens is 2.